The molecule has 1 aromatic rings. The fraction of sp³-hybridized carbons (Fsp3) is 0.462. The van der Waals surface area contributed by atoms with Crippen molar-refractivity contribution >= 4 is 5.84 Å². The van der Waals surface area contributed by atoms with Gasteiger partial charge in [-0.15, -0.1) is 0 Å². The molecule has 0 aromatic heterocycles. The third-order valence-corrected chi connectivity index (χ3v) is 3.25. The lowest BCUT2D eigenvalue weighted by molar-refractivity contribution is 0.315. The molecular weight excluding hydrogens is 230 g/mol. The van der Waals surface area contributed by atoms with E-state index in [0.717, 1.165) is 12.1 Å². The number of hydrogen-bond acceptors (Lipinski definition) is 4. The Balaban J connectivity index is 2.21. The second kappa shape index (κ2) is 5.27. The number of hydrogen-bond donors (Lipinski definition) is 2. The van der Waals surface area contributed by atoms with Gasteiger partial charge in [-0.3, -0.25) is 4.90 Å². The van der Waals surface area contributed by atoms with Gasteiger partial charge in [-0.2, -0.15) is 0 Å². The molecule has 0 aliphatic heterocycles. The van der Waals surface area contributed by atoms with Crippen LogP contribution in [0, 0.1) is 0 Å². The van der Waals surface area contributed by atoms with E-state index < -0.39 is 0 Å². The predicted molar refractivity (Wildman–Crippen MR) is 70.0 cm³/mol. The third-order valence-electron chi connectivity index (χ3n) is 3.25. The summed E-state index contributed by atoms with van der Waals surface area (Å²) in [5.74, 6) is 0.686. The van der Waals surface area contributed by atoms with Crippen LogP contribution in [-0.2, 0) is 6.54 Å². The topological polar surface area (TPSA) is 71.1 Å². The first-order valence-corrected chi connectivity index (χ1v) is 6.00. The lowest BCUT2D eigenvalue weighted by Gasteiger charge is -2.17. The van der Waals surface area contributed by atoms with Crippen molar-refractivity contribution in [3.63, 3.8) is 0 Å². The molecule has 0 bridgehead atoms. The summed E-state index contributed by atoms with van der Waals surface area (Å²) in [6.45, 7) is 0.861. The molecule has 18 heavy (non-hydrogen) atoms. The van der Waals surface area contributed by atoms with Gasteiger partial charge in [-0.05, 0) is 37.6 Å². The first kappa shape index (κ1) is 12.7. The minimum atomic E-state index is 0.0720. The molecule has 1 fully saturated rings. The molecule has 0 spiro atoms. The van der Waals surface area contributed by atoms with Gasteiger partial charge in [0.15, 0.2) is 5.84 Å². The van der Waals surface area contributed by atoms with E-state index in [2.05, 4.69) is 17.1 Å². The van der Waals surface area contributed by atoms with E-state index in [1.807, 2.05) is 18.2 Å². The molecule has 0 atom stereocenters. The van der Waals surface area contributed by atoms with Gasteiger partial charge < -0.3 is 15.7 Å². The van der Waals surface area contributed by atoms with Gasteiger partial charge in [0.25, 0.3) is 0 Å². The summed E-state index contributed by atoms with van der Waals surface area (Å²) in [7, 11) is 3.69. The number of oxime groups is 1. The molecule has 98 valence electrons. The van der Waals surface area contributed by atoms with E-state index in [0.29, 0.717) is 17.4 Å². The first-order valence-electron chi connectivity index (χ1n) is 6.00. The average Bonchev–Trinajstić information content (AvgIpc) is 3.22. The van der Waals surface area contributed by atoms with Crippen molar-refractivity contribution in [1.29, 1.82) is 0 Å². The summed E-state index contributed by atoms with van der Waals surface area (Å²) in [6, 6.07) is 6.47. The molecule has 1 aliphatic carbocycles. The molecule has 5 heteroatoms. The number of ether oxygens (including phenoxy) is 1. The Bertz CT molecular complexity index is 456. The lowest BCUT2D eigenvalue weighted by Crippen LogP contribution is -2.21. The molecule has 0 radical (unpaired) electrons. The normalized spacial score (nSPS) is 16.1. The van der Waals surface area contributed by atoms with Crippen LogP contribution in [0.3, 0.4) is 0 Å². The van der Waals surface area contributed by atoms with Gasteiger partial charge in [-0.25, -0.2) is 0 Å². The summed E-state index contributed by atoms with van der Waals surface area (Å²) < 4.78 is 5.20. The van der Waals surface area contributed by atoms with Crippen LogP contribution in [0.1, 0.15) is 24.0 Å². The monoisotopic (exact) mass is 249 g/mol. The lowest BCUT2D eigenvalue weighted by atomic mass is 10.1. The van der Waals surface area contributed by atoms with Crippen molar-refractivity contribution in [3.8, 4) is 5.75 Å². The molecule has 0 heterocycles. The molecule has 1 saturated carbocycles. The van der Waals surface area contributed by atoms with Crippen LogP contribution in [0.5, 0.6) is 5.75 Å². The van der Waals surface area contributed by atoms with Crippen LogP contribution in [0.15, 0.2) is 23.4 Å². The Morgan fingerprint density at radius 3 is 2.83 bits per heavy atom. The number of methoxy groups -OCH3 is 1. The van der Waals surface area contributed by atoms with E-state index in [1.54, 1.807) is 7.11 Å². The quantitative estimate of drug-likeness (QED) is 0.358. The van der Waals surface area contributed by atoms with Crippen molar-refractivity contribution < 1.29 is 9.94 Å². The molecule has 0 amide bonds. The smallest absolute Gasteiger partial charge is 0.173 e. The number of benzene rings is 1. The zero-order valence-corrected chi connectivity index (χ0v) is 10.8. The van der Waals surface area contributed by atoms with Gasteiger partial charge in [0.1, 0.15) is 5.75 Å². The standard InChI is InChI=1S/C13H19N3O2/c1-16(10-4-5-10)8-9-3-6-12(18-2)11(7-9)13(14)15-17/h3,6-7,10,17H,4-5,8H2,1-2H3,(H2,14,15). The highest BCUT2D eigenvalue weighted by atomic mass is 16.5. The van der Waals surface area contributed by atoms with Gasteiger partial charge in [0.2, 0.25) is 0 Å². The molecule has 0 saturated heterocycles. The van der Waals surface area contributed by atoms with E-state index in [9.17, 15) is 0 Å². The van der Waals surface area contributed by atoms with Crippen molar-refractivity contribution in [2.75, 3.05) is 14.2 Å². The highest BCUT2D eigenvalue weighted by molar-refractivity contribution is 5.99. The molecule has 1 aliphatic rings. The summed E-state index contributed by atoms with van der Waals surface area (Å²) in [4.78, 5) is 2.32. The van der Waals surface area contributed by atoms with Gasteiger partial charge in [0, 0.05) is 12.6 Å². The largest absolute Gasteiger partial charge is 0.496 e. The van der Waals surface area contributed by atoms with E-state index in [4.69, 9.17) is 15.7 Å². The van der Waals surface area contributed by atoms with Crippen LogP contribution >= 0.6 is 0 Å². The summed E-state index contributed by atoms with van der Waals surface area (Å²) >= 11 is 0. The van der Waals surface area contributed by atoms with Crippen molar-refractivity contribution in [3.05, 3.63) is 29.3 Å². The Kier molecular flexibility index (Phi) is 3.72. The Morgan fingerprint density at radius 2 is 2.28 bits per heavy atom. The second-order valence-corrected chi connectivity index (χ2v) is 4.67. The number of nitrogens with two attached hydrogens (primary N) is 1. The zero-order chi connectivity index (χ0) is 13.1. The van der Waals surface area contributed by atoms with Gasteiger partial charge >= 0.3 is 0 Å². The molecule has 2 rings (SSSR count). The number of rotatable bonds is 5. The van der Waals surface area contributed by atoms with Crippen molar-refractivity contribution in [2.45, 2.75) is 25.4 Å². The Labute approximate surface area is 107 Å². The highest BCUT2D eigenvalue weighted by Gasteiger charge is 2.26. The maximum absolute atomic E-state index is 8.78. The zero-order valence-electron chi connectivity index (χ0n) is 10.8. The third kappa shape index (κ3) is 2.73. The second-order valence-electron chi connectivity index (χ2n) is 4.67. The summed E-state index contributed by atoms with van der Waals surface area (Å²) in [5, 5.41) is 11.8. The Morgan fingerprint density at radius 1 is 1.56 bits per heavy atom. The molecule has 3 N–H and O–H groups in total. The number of amidine groups is 1. The van der Waals surface area contributed by atoms with E-state index in [1.165, 1.54) is 12.8 Å². The maximum atomic E-state index is 8.78. The SMILES string of the molecule is COc1ccc(CN(C)C2CC2)cc1C(N)=NO. The van der Waals surface area contributed by atoms with Crippen LogP contribution in [0.25, 0.3) is 0 Å². The van der Waals surface area contributed by atoms with Crippen LogP contribution in [0.2, 0.25) is 0 Å². The molecule has 5 nitrogen and oxygen atoms in total. The maximum Gasteiger partial charge on any atom is 0.173 e. The fourth-order valence-corrected chi connectivity index (χ4v) is 2.04. The molecular formula is C13H19N3O2. The summed E-state index contributed by atoms with van der Waals surface area (Å²) in [6.07, 6.45) is 2.56. The van der Waals surface area contributed by atoms with Crippen molar-refractivity contribution in [2.24, 2.45) is 10.9 Å². The summed E-state index contributed by atoms with van der Waals surface area (Å²) in [5.41, 5.74) is 7.41. The van der Waals surface area contributed by atoms with Gasteiger partial charge in [-0.1, -0.05) is 11.2 Å². The minimum Gasteiger partial charge on any atom is -0.496 e. The first-order chi connectivity index (χ1) is 8.65. The molecule has 1 aromatic carbocycles. The molecule has 0 unspecified atom stereocenters. The number of nitrogens with zero attached hydrogens (tertiary/aromatic N) is 2. The minimum absolute atomic E-state index is 0.0720. The van der Waals surface area contributed by atoms with E-state index in [-0.39, 0.29) is 5.84 Å². The van der Waals surface area contributed by atoms with Crippen LogP contribution in [-0.4, -0.2) is 36.1 Å². The van der Waals surface area contributed by atoms with Gasteiger partial charge in [0.05, 0.1) is 12.7 Å². The predicted octanol–water partition coefficient (Wildman–Crippen LogP) is 1.38. The van der Waals surface area contributed by atoms with Crippen LogP contribution < -0.4 is 10.5 Å². The van der Waals surface area contributed by atoms with Crippen molar-refractivity contribution in [1.82, 2.24) is 4.90 Å². The average molecular weight is 249 g/mol. The fourth-order valence-electron chi connectivity index (χ4n) is 2.04. The van der Waals surface area contributed by atoms with Crippen LogP contribution in [0.4, 0.5) is 0 Å². The Hall–Kier alpha value is -1.75. The highest BCUT2D eigenvalue weighted by Crippen LogP contribution is 2.27. The van der Waals surface area contributed by atoms with E-state index >= 15 is 0 Å².